The van der Waals surface area contributed by atoms with Crippen molar-refractivity contribution in [2.75, 3.05) is 14.2 Å². The van der Waals surface area contributed by atoms with Gasteiger partial charge in [-0.2, -0.15) is 0 Å². The Bertz CT molecular complexity index is 437. The number of aromatic hydroxyl groups is 1. The van der Waals surface area contributed by atoms with Crippen molar-refractivity contribution >= 4 is 11.9 Å². The molecule has 0 saturated carbocycles. The Balaban J connectivity index is 0.00000137. The number of phenolic OH excluding ortho intramolecular Hbond substituents is 1. The molecule has 1 N–H and O–H groups in total. The van der Waals surface area contributed by atoms with E-state index >= 15 is 0 Å². The molecule has 0 heterocycles. The van der Waals surface area contributed by atoms with Gasteiger partial charge in [0.05, 0.1) is 25.3 Å². The molecule has 1 aromatic rings. The van der Waals surface area contributed by atoms with Crippen LogP contribution in [0.1, 0.15) is 40.1 Å². The van der Waals surface area contributed by atoms with Gasteiger partial charge >= 0.3 is 11.9 Å². The molecule has 0 aromatic heterocycles. The van der Waals surface area contributed by atoms with Crippen molar-refractivity contribution < 1.29 is 24.2 Å². The number of phenols is 1. The Labute approximate surface area is 106 Å². The zero-order valence-corrected chi connectivity index (χ0v) is 11.2. The van der Waals surface area contributed by atoms with Crippen LogP contribution >= 0.6 is 0 Å². The molecule has 0 fully saturated rings. The zero-order chi connectivity index (χ0) is 14.3. The van der Waals surface area contributed by atoms with Crippen LogP contribution in [-0.4, -0.2) is 31.3 Å². The first-order chi connectivity index (χ1) is 8.52. The maximum absolute atomic E-state index is 11.5. The fraction of sp³-hybridized carbons (Fsp3) is 0.385. The normalized spacial score (nSPS) is 8.94. The molecule has 0 saturated heterocycles. The second-order valence-electron chi connectivity index (χ2n) is 3.12. The van der Waals surface area contributed by atoms with Crippen molar-refractivity contribution in [3.05, 3.63) is 28.8 Å². The SMILES string of the molecule is CC.COC(=O)c1ccc(O)c(C)c1C(=O)OC. The molecule has 5 nitrogen and oxygen atoms in total. The third-order valence-electron chi connectivity index (χ3n) is 2.23. The zero-order valence-electron chi connectivity index (χ0n) is 11.2. The molecular formula is C13H18O5. The summed E-state index contributed by atoms with van der Waals surface area (Å²) in [7, 11) is 2.42. The van der Waals surface area contributed by atoms with Gasteiger partial charge in [-0.1, -0.05) is 13.8 Å². The summed E-state index contributed by atoms with van der Waals surface area (Å²) in [6.45, 7) is 5.52. The van der Waals surface area contributed by atoms with Gasteiger partial charge in [0, 0.05) is 5.56 Å². The third-order valence-corrected chi connectivity index (χ3v) is 2.23. The first-order valence-corrected chi connectivity index (χ1v) is 5.52. The third kappa shape index (κ3) is 3.23. The topological polar surface area (TPSA) is 72.8 Å². The number of methoxy groups -OCH3 is 2. The summed E-state index contributed by atoms with van der Waals surface area (Å²) in [5.74, 6) is -1.41. The molecule has 5 heteroatoms. The van der Waals surface area contributed by atoms with Gasteiger partial charge in [0.2, 0.25) is 0 Å². The van der Waals surface area contributed by atoms with Crippen LogP contribution in [0.2, 0.25) is 0 Å². The van der Waals surface area contributed by atoms with E-state index in [4.69, 9.17) is 0 Å². The van der Waals surface area contributed by atoms with E-state index in [9.17, 15) is 14.7 Å². The fourth-order valence-electron chi connectivity index (χ4n) is 1.35. The van der Waals surface area contributed by atoms with E-state index in [1.54, 1.807) is 0 Å². The van der Waals surface area contributed by atoms with Crippen LogP contribution in [0, 0.1) is 6.92 Å². The summed E-state index contributed by atoms with van der Waals surface area (Å²) in [6, 6.07) is 2.65. The smallest absolute Gasteiger partial charge is 0.339 e. The highest BCUT2D eigenvalue weighted by atomic mass is 16.5. The van der Waals surface area contributed by atoms with E-state index in [0.29, 0.717) is 0 Å². The van der Waals surface area contributed by atoms with Gasteiger partial charge in [0.1, 0.15) is 5.75 Å². The molecule has 0 unspecified atom stereocenters. The average Bonchev–Trinajstić information content (AvgIpc) is 2.42. The highest BCUT2D eigenvalue weighted by Gasteiger charge is 2.22. The van der Waals surface area contributed by atoms with Crippen LogP contribution in [0.25, 0.3) is 0 Å². The number of carbonyl (C=O) groups excluding carboxylic acids is 2. The molecule has 0 bridgehead atoms. The van der Waals surface area contributed by atoms with Gasteiger partial charge in [-0.3, -0.25) is 0 Å². The van der Waals surface area contributed by atoms with E-state index in [2.05, 4.69) is 9.47 Å². The standard InChI is InChI=1S/C11H12O5.C2H6/c1-6-8(12)5-4-7(10(13)15-2)9(6)11(14)16-3;1-2/h4-5,12H,1-3H3;1-2H3. The van der Waals surface area contributed by atoms with E-state index in [-0.39, 0.29) is 22.4 Å². The monoisotopic (exact) mass is 254 g/mol. The van der Waals surface area contributed by atoms with Crippen molar-refractivity contribution in [2.45, 2.75) is 20.8 Å². The Morgan fingerprint density at radius 3 is 2.00 bits per heavy atom. The van der Waals surface area contributed by atoms with Gasteiger partial charge < -0.3 is 14.6 Å². The lowest BCUT2D eigenvalue weighted by Crippen LogP contribution is -2.13. The molecule has 1 rings (SSSR count). The number of esters is 2. The minimum Gasteiger partial charge on any atom is -0.508 e. The number of hydrogen-bond acceptors (Lipinski definition) is 5. The number of ether oxygens (including phenoxy) is 2. The molecule has 0 atom stereocenters. The molecule has 18 heavy (non-hydrogen) atoms. The molecule has 100 valence electrons. The summed E-state index contributed by atoms with van der Waals surface area (Å²) < 4.78 is 9.09. The first kappa shape index (κ1) is 16.0. The molecule has 0 aliphatic carbocycles. The van der Waals surface area contributed by atoms with Crippen LogP contribution in [0.5, 0.6) is 5.75 Å². The Morgan fingerprint density at radius 2 is 1.56 bits per heavy atom. The molecule has 0 aliphatic heterocycles. The van der Waals surface area contributed by atoms with Crippen LogP contribution in [0.15, 0.2) is 12.1 Å². The lowest BCUT2D eigenvalue weighted by molar-refractivity contribution is 0.0554. The summed E-state index contributed by atoms with van der Waals surface area (Å²) in [4.78, 5) is 22.9. The number of benzene rings is 1. The second kappa shape index (κ2) is 7.32. The quantitative estimate of drug-likeness (QED) is 0.820. The Morgan fingerprint density at radius 1 is 1.06 bits per heavy atom. The molecule has 0 spiro atoms. The van der Waals surface area contributed by atoms with Crippen LogP contribution < -0.4 is 0 Å². The van der Waals surface area contributed by atoms with Crippen LogP contribution in [0.3, 0.4) is 0 Å². The van der Waals surface area contributed by atoms with Crippen molar-refractivity contribution in [1.82, 2.24) is 0 Å². The largest absolute Gasteiger partial charge is 0.508 e. The van der Waals surface area contributed by atoms with E-state index in [0.717, 1.165) is 0 Å². The van der Waals surface area contributed by atoms with Crippen molar-refractivity contribution in [2.24, 2.45) is 0 Å². The minimum absolute atomic E-state index is 0.0225. The van der Waals surface area contributed by atoms with E-state index < -0.39 is 11.9 Å². The predicted octanol–water partition coefficient (Wildman–Crippen LogP) is 2.30. The average molecular weight is 254 g/mol. The predicted molar refractivity (Wildman–Crippen MR) is 66.9 cm³/mol. The summed E-state index contributed by atoms with van der Waals surface area (Å²) in [5, 5.41) is 9.46. The first-order valence-electron chi connectivity index (χ1n) is 5.52. The molecule has 1 aromatic carbocycles. The van der Waals surface area contributed by atoms with Crippen molar-refractivity contribution in [1.29, 1.82) is 0 Å². The van der Waals surface area contributed by atoms with E-state index in [1.807, 2.05) is 13.8 Å². The summed E-state index contributed by atoms with van der Waals surface area (Å²) in [6.07, 6.45) is 0. The molecule has 0 aliphatic rings. The van der Waals surface area contributed by atoms with Gasteiger partial charge in [-0.15, -0.1) is 0 Å². The van der Waals surface area contributed by atoms with Gasteiger partial charge in [0.15, 0.2) is 0 Å². The fourth-order valence-corrected chi connectivity index (χ4v) is 1.35. The minimum atomic E-state index is -0.686. The molecular weight excluding hydrogens is 236 g/mol. The highest BCUT2D eigenvalue weighted by Crippen LogP contribution is 2.24. The lowest BCUT2D eigenvalue weighted by atomic mass is 10.0. The van der Waals surface area contributed by atoms with E-state index in [1.165, 1.54) is 33.3 Å². The van der Waals surface area contributed by atoms with Gasteiger partial charge in [-0.25, -0.2) is 9.59 Å². The number of hydrogen-bond donors (Lipinski definition) is 1. The van der Waals surface area contributed by atoms with Crippen molar-refractivity contribution in [3.63, 3.8) is 0 Å². The lowest BCUT2D eigenvalue weighted by Gasteiger charge is -2.10. The number of rotatable bonds is 2. The maximum atomic E-state index is 11.5. The summed E-state index contributed by atoms with van der Waals surface area (Å²) in [5.41, 5.74) is 0.383. The Hall–Kier alpha value is -2.04. The molecule has 0 amide bonds. The Kier molecular flexibility index (Phi) is 6.49. The van der Waals surface area contributed by atoms with Crippen LogP contribution in [0.4, 0.5) is 0 Å². The highest BCUT2D eigenvalue weighted by molar-refractivity contribution is 6.04. The van der Waals surface area contributed by atoms with Crippen molar-refractivity contribution in [3.8, 4) is 5.75 Å². The summed E-state index contributed by atoms with van der Waals surface area (Å²) >= 11 is 0. The second-order valence-corrected chi connectivity index (χ2v) is 3.12. The van der Waals surface area contributed by atoms with Crippen LogP contribution in [-0.2, 0) is 9.47 Å². The van der Waals surface area contributed by atoms with Gasteiger partial charge in [-0.05, 0) is 19.1 Å². The van der Waals surface area contributed by atoms with Gasteiger partial charge in [0.25, 0.3) is 0 Å². The maximum Gasteiger partial charge on any atom is 0.339 e. The molecule has 0 radical (unpaired) electrons. The number of carbonyl (C=O) groups is 2.